The molecule has 0 unspecified atom stereocenters. The molecule has 5 heteroatoms. The molecule has 0 aliphatic rings. The number of nitrogens with zero attached hydrogens (tertiary/aromatic N) is 3. The Kier molecular flexibility index (Phi) is 6.18. The Balaban J connectivity index is 1.11. The summed E-state index contributed by atoms with van der Waals surface area (Å²) in [5, 5.41) is 7.06. The van der Waals surface area contributed by atoms with Gasteiger partial charge in [0.15, 0.2) is 0 Å². The average Bonchev–Trinajstić information content (AvgIpc) is 3.73. The van der Waals surface area contributed by atoms with Crippen molar-refractivity contribution < 1.29 is 0 Å². The van der Waals surface area contributed by atoms with Crippen LogP contribution in [-0.2, 0) is 0 Å². The van der Waals surface area contributed by atoms with E-state index < -0.39 is 0 Å². The van der Waals surface area contributed by atoms with Crippen LogP contribution < -0.4 is 4.90 Å². The highest BCUT2D eigenvalue weighted by molar-refractivity contribution is 7.22. The van der Waals surface area contributed by atoms with Gasteiger partial charge in [-0.15, -0.1) is 22.7 Å². The maximum Gasteiger partial charge on any atom is 0.125 e. The number of anilines is 3. The van der Waals surface area contributed by atoms with Crippen molar-refractivity contribution in [2.75, 3.05) is 4.90 Å². The normalized spacial score (nSPS) is 11.6. The number of hydrogen-bond acceptors (Lipinski definition) is 5. The van der Waals surface area contributed by atoms with E-state index in [2.05, 4.69) is 157 Å². The highest BCUT2D eigenvalue weighted by Crippen LogP contribution is 2.41. The fraction of sp³-hybridized carbons (Fsp3) is 0. The molecule has 2 aromatic heterocycles. The molecule has 0 atom stereocenters. The van der Waals surface area contributed by atoms with E-state index in [1.807, 2.05) is 0 Å². The summed E-state index contributed by atoms with van der Waals surface area (Å²) >= 11 is 3.48. The number of thiazole rings is 2. The van der Waals surface area contributed by atoms with E-state index in [-0.39, 0.29) is 0 Å². The lowest BCUT2D eigenvalue weighted by atomic mass is 9.97. The molecule has 212 valence electrons. The lowest BCUT2D eigenvalue weighted by Crippen LogP contribution is -2.09. The van der Waals surface area contributed by atoms with Crippen molar-refractivity contribution in [1.82, 2.24) is 9.97 Å². The van der Waals surface area contributed by atoms with Crippen LogP contribution in [0, 0.1) is 0 Å². The summed E-state index contributed by atoms with van der Waals surface area (Å²) in [5.74, 6) is 0. The third-order valence-electron chi connectivity index (χ3n) is 8.29. The molecule has 45 heavy (non-hydrogen) atoms. The largest absolute Gasteiger partial charge is 0.310 e. The number of hydrogen-bond donors (Lipinski definition) is 0. The number of benzene rings is 7. The van der Waals surface area contributed by atoms with E-state index >= 15 is 0 Å². The van der Waals surface area contributed by atoms with Gasteiger partial charge in [-0.05, 0) is 88.3 Å². The molecule has 0 N–H and O–H groups in total. The third kappa shape index (κ3) is 4.56. The Morgan fingerprint density at radius 3 is 1.76 bits per heavy atom. The predicted molar refractivity (Wildman–Crippen MR) is 193 cm³/mol. The standard InChI is InChI=1S/C40H25N3S2/c1-3-12-28(13-4-1)43(29-14-5-2-6-15-29)30-20-22-36-38(25-30)44-39(41-36)27-19-21-35-37(24-27)45-40(42-35)34-23-26-11-7-8-16-31(26)32-17-9-10-18-33(32)34/h1-25H. The van der Waals surface area contributed by atoms with Crippen molar-refractivity contribution in [2.24, 2.45) is 0 Å². The van der Waals surface area contributed by atoms with Gasteiger partial charge < -0.3 is 4.90 Å². The summed E-state index contributed by atoms with van der Waals surface area (Å²) < 4.78 is 2.33. The average molecular weight is 612 g/mol. The Labute approximate surface area is 268 Å². The predicted octanol–water partition coefficient (Wildman–Crippen LogP) is 12.0. The summed E-state index contributed by atoms with van der Waals surface area (Å²) in [6.45, 7) is 0. The zero-order valence-corrected chi connectivity index (χ0v) is 25.7. The summed E-state index contributed by atoms with van der Waals surface area (Å²) in [5.41, 5.74) is 7.68. The minimum Gasteiger partial charge on any atom is -0.310 e. The number of rotatable bonds is 5. The fourth-order valence-corrected chi connectivity index (χ4v) is 8.21. The van der Waals surface area contributed by atoms with Gasteiger partial charge in [-0.25, -0.2) is 9.97 Å². The molecule has 0 spiro atoms. The molecule has 2 heterocycles. The van der Waals surface area contributed by atoms with Crippen LogP contribution in [0.25, 0.3) is 63.1 Å². The Morgan fingerprint density at radius 1 is 0.422 bits per heavy atom. The first-order chi connectivity index (χ1) is 22.3. The summed E-state index contributed by atoms with van der Waals surface area (Å²) in [6, 6.07) is 53.7. The molecule has 9 aromatic rings. The van der Waals surface area contributed by atoms with Gasteiger partial charge in [-0.1, -0.05) is 84.9 Å². The number of fused-ring (bicyclic) bond motifs is 5. The van der Waals surface area contributed by atoms with Crippen molar-refractivity contribution in [3.05, 3.63) is 152 Å². The van der Waals surface area contributed by atoms with Gasteiger partial charge in [0.25, 0.3) is 0 Å². The highest BCUT2D eigenvalue weighted by Gasteiger charge is 2.16. The minimum absolute atomic E-state index is 1.01. The lowest BCUT2D eigenvalue weighted by molar-refractivity contribution is 1.29. The van der Waals surface area contributed by atoms with Crippen molar-refractivity contribution in [2.45, 2.75) is 0 Å². The van der Waals surface area contributed by atoms with E-state index in [1.54, 1.807) is 22.7 Å². The van der Waals surface area contributed by atoms with Crippen LogP contribution in [0.1, 0.15) is 0 Å². The van der Waals surface area contributed by atoms with Crippen LogP contribution in [0.3, 0.4) is 0 Å². The van der Waals surface area contributed by atoms with E-state index in [0.29, 0.717) is 0 Å². The van der Waals surface area contributed by atoms with Gasteiger partial charge in [0, 0.05) is 28.2 Å². The van der Waals surface area contributed by atoms with E-state index in [4.69, 9.17) is 9.97 Å². The third-order valence-corrected chi connectivity index (χ3v) is 10.4. The fourth-order valence-electron chi connectivity index (χ4n) is 6.18. The number of para-hydroxylation sites is 2. The van der Waals surface area contributed by atoms with Crippen LogP contribution in [0.15, 0.2) is 152 Å². The molecule has 0 fully saturated rings. The second-order valence-electron chi connectivity index (χ2n) is 11.1. The smallest absolute Gasteiger partial charge is 0.125 e. The van der Waals surface area contributed by atoms with Crippen LogP contribution in [-0.4, -0.2) is 9.97 Å². The van der Waals surface area contributed by atoms with Gasteiger partial charge in [0.1, 0.15) is 10.0 Å². The van der Waals surface area contributed by atoms with Crippen molar-refractivity contribution >= 4 is 81.7 Å². The van der Waals surface area contributed by atoms with Gasteiger partial charge >= 0.3 is 0 Å². The molecule has 0 bridgehead atoms. The van der Waals surface area contributed by atoms with Crippen molar-refractivity contribution in [1.29, 1.82) is 0 Å². The minimum atomic E-state index is 1.01. The topological polar surface area (TPSA) is 29.0 Å². The van der Waals surface area contributed by atoms with Crippen molar-refractivity contribution in [3.63, 3.8) is 0 Å². The molecule has 0 aliphatic heterocycles. The summed E-state index contributed by atoms with van der Waals surface area (Å²) in [4.78, 5) is 12.5. The van der Waals surface area contributed by atoms with Crippen LogP contribution >= 0.6 is 22.7 Å². The van der Waals surface area contributed by atoms with Gasteiger partial charge in [-0.2, -0.15) is 0 Å². The Morgan fingerprint density at radius 2 is 1.00 bits per heavy atom. The zero-order chi connectivity index (χ0) is 29.7. The monoisotopic (exact) mass is 611 g/mol. The molecule has 3 nitrogen and oxygen atoms in total. The summed E-state index contributed by atoms with van der Waals surface area (Å²) in [6.07, 6.45) is 0. The SMILES string of the molecule is c1ccc(N(c2ccccc2)c2ccc3nc(-c4ccc5nc(-c6cc7ccccc7c7ccccc67)sc5c4)sc3c2)cc1. The molecular weight excluding hydrogens is 587 g/mol. The Bertz CT molecular complexity index is 2460. The molecule has 0 amide bonds. The maximum atomic E-state index is 5.10. The first-order valence-electron chi connectivity index (χ1n) is 14.9. The molecule has 7 aromatic carbocycles. The quantitative estimate of drug-likeness (QED) is 0.181. The molecule has 0 saturated carbocycles. The second-order valence-corrected chi connectivity index (χ2v) is 13.1. The van der Waals surface area contributed by atoms with Crippen LogP contribution in [0.4, 0.5) is 17.1 Å². The molecule has 0 aliphatic carbocycles. The lowest BCUT2D eigenvalue weighted by Gasteiger charge is -2.25. The molecule has 0 saturated heterocycles. The van der Waals surface area contributed by atoms with Gasteiger partial charge in [-0.3, -0.25) is 0 Å². The highest BCUT2D eigenvalue weighted by atomic mass is 32.1. The van der Waals surface area contributed by atoms with Crippen LogP contribution in [0.2, 0.25) is 0 Å². The van der Waals surface area contributed by atoms with Gasteiger partial charge in [0.2, 0.25) is 0 Å². The van der Waals surface area contributed by atoms with E-state index in [1.165, 1.54) is 31.8 Å². The molecule has 9 rings (SSSR count). The van der Waals surface area contributed by atoms with E-state index in [0.717, 1.165) is 48.4 Å². The molecule has 0 radical (unpaired) electrons. The van der Waals surface area contributed by atoms with Crippen molar-refractivity contribution in [3.8, 4) is 21.1 Å². The van der Waals surface area contributed by atoms with Gasteiger partial charge in [0.05, 0.1) is 20.4 Å². The first kappa shape index (κ1) is 26.1. The molecular formula is C40H25N3S2. The zero-order valence-electron chi connectivity index (χ0n) is 24.1. The Hall–Kier alpha value is -5.36. The van der Waals surface area contributed by atoms with Crippen LogP contribution in [0.5, 0.6) is 0 Å². The number of aromatic nitrogens is 2. The summed E-state index contributed by atoms with van der Waals surface area (Å²) in [7, 11) is 0. The first-order valence-corrected chi connectivity index (χ1v) is 16.5. The second kappa shape index (κ2) is 10.7. The van der Waals surface area contributed by atoms with E-state index in [9.17, 15) is 0 Å². The maximum absolute atomic E-state index is 5.10.